The highest BCUT2D eigenvalue weighted by Gasteiger charge is 2.50. The van der Waals surface area contributed by atoms with Gasteiger partial charge in [0.2, 0.25) is 18.2 Å². The van der Waals surface area contributed by atoms with Crippen LogP contribution in [-0.4, -0.2) is 102 Å². The average molecular weight is 791 g/mol. The Morgan fingerprint density at radius 3 is 2.35 bits per heavy atom. The number of halogens is 1. The van der Waals surface area contributed by atoms with E-state index in [1.54, 1.807) is 18.2 Å². The molecule has 57 heavy (non-hydrogen) atoms. The molecule has 1 aliphatic carbocycles. The third kappa shape index (κ3) is 7.75. The largest absolute Gasteiger partial charge is 0.490 e. The Kier molecular flexibility index (Phi) is 10.8. The predicted molar refractivity (Wildman–Crippen MR) is 213 cm³/mol. The molecule has 0 bridgehead atoms. The van der Waals surface area contributed by atoms with E-state index in [9.17, 15) is 24.0 Å². The van der Waals surface area contributed by atoms with Gasteiger partial charge in [-0.05, 0) is 85.9 Å². The number of hydrogen-bond donors (Lipinski definition) is 1. The highest BCUT2D eigenvalue weighted by Crippen LogP contribution is 2.53. The van der Waals surface area contributed by atoms with Crippen molar-refractivity contribution in [1.29, 1.82) is 5.26 Å². The lowest BCUT2D eigenvalue weighted by Crippen LogP contribution is -2.60. The standard InChI is InChI=1S/C44H47ClN6O6/c1-28-3-2-4-37(40(28)43(56)51(27-52)38-11-12-39(53)47-41(38)54)48-19-15-44(16-20-48)22-33(23-44)50-25-32(26-50)29-5-7-30(8-6-29)42(55)49-17-13-34(14-18-49)57-35-10-9-31(24-46)36(45)21-35/h2-10,21,27,32-34,38H,11-20,22-23,25-26H2,1H3,(H,47,53,54). The number of nitriles is 1. The van der Waals surface area contributed by atoms with Gasteiger partial charge in [0.15, 0.2) is 0 Å². The molecule has 4 saturated heterocycles. The lowest BCUT2D eigenvalue weighted by atomic mass is 9.59. The first kappa shape index (κ1) is 38.6. The van der Waals surface area contributed by atoms with Gasteiger partial charge in [-0.3, -0.25) is 39.1 Å². The summed E-state index contributed by atoms with van der Waals surface area (Å²) < 4.78 is 6.09. The van der Waals surface area contributed by atoms with Crippen LogP contribution in [-0.2, 0) is 14.4 Å². The lowest BCUT2D eigenvalue weighted by Gasteiger charge is -2.58. The van der Waals surface area contributed by atoms with Crippen LogP contribution in [0.5, 0.6) is 5.75 Å². The van der Waals surface area contributed by atoms with Crippen LogP contribution in [0.1, 0.15) is 94.7 Å². The topological polar surface area (TPSA) is 143 Å². The van der Waals surface area contributed by atoms with Gasteiger partial charge < -0.3 is 14.5 Å². The SMILES string of the molecule is Cc1cccc(N2CCC3(CC2)CC(N2CC(c4ccc(C(=O)N5CCC(Oc6ccc(C#N)c(Cl)c6)CC5)cc4)C2)C3)c1C(=O)N(C=O)C1CCC(=O)NC1=O. The second-order valence-electron chi connectivity index (χ2n) is 16.4. The first-order chi connectivity index (χ1) is 27.5. The molecule has 0 radical (unpaired) electrons. The number of ether oxygens (including phenoxy) is 1. The summed E-state index contributed by atoms with van der Waals surface area (Å²) in [5.74, 6) is -0.394. The number of amides is 5. The monoisotopic (exact) mass is 790 g/mol. The van der Waals surface area contributed by atoms with Crippen LogP contribution >= 0.6 is 11.6 Å². The van der Waals surface area contributed by atoms with Crippen LogP contribution in [0.25, 0.3) is 0 Å². The van der Waals surface area contributed by atoms with Gasteiger partial charge in [-0.2, -0.15) is 5.26 Å². The predicted octanol–water partition coefficient (Wildman–Crippen LogP) is 5.46. The number of anilines is 1. The Balaban J connectivity index is 0.790. The van der Waals surface area contributed by atoms with Gasteiger partial charge in [0.05, 0.1) is 16.1 Å². The molecule has 5 fully saturated rings. The fourth-order valence-corrected chi connectivity index (χ4v) is 9.71. The van der Waals surface area contributed by atoms with Gasteiger partial charge in [0.1, 0.15) is 24.0 Å². The van der Waals surface area contributed by atoms with Crippen molar-refractivity contribution in [2.24, 2.45) is 5.41 Å². The molecular formula is C44H47ClN6O6. The molecule has 296 valence electrons. The fraction of sp³-hybridized carbons (Fsp3) is 0.455. The minimum absolute atomic E-state index is 0.0130. The minimum atomic E-state index is -1.01. The highest BCUT2D eigenvalue weighted by molar-refractivity contribution is 6.31. The normalized spacial score (nSPS) is 21.6. The first-order valence-electron chi connectivity index (χ1n) is 20.0. The van der Waals surface area contributed by atoms with Crippen LogP contribution in [0.3, 0.4) is 0 Å². The number of nitrogens with zero attached hydrogens (tertiary/aromatic N) is 5. The molecule has 3 aromatic carbocycles. The zero-order chi connectivity index (χ0) is 39.8. The third-order valence-corrected chi connectivity index (χ3v) is 13.3. The van der Waals surface area contributed by atoms with Crippen molar-refractivity contribution in [3.05, 3.63) is 93.5 Å². The number of carbonyl (C=O) groups is 5. The van der Waals surface area contributed by atoms with Crippen LogP contribution in [0.2, 0.25) is 5.02 Å². The Hall–Kier alpha value is -5.25. The fourth-order valence-electron chi connectivity index (χ4n) is 9.49. The molecule has 0 aromatic heterocycles. The number of aryl methyl sites for hydroxylation is 1. The third-order valence-electron chi connectivity index (χ3n) is 13.0. The van der Waals surface area contributed by atoms with Crippen LogP contribution in [0.15, 0.2) is 60.7 Å². The number of carbonyl (C=O) groups excluding carboxylic acids is 5. The summed E-state index contributed by atoms with van der Waals surface area (Å²) in [4.78, 5) is 71.2. The highest BCUT2D eigenvalue weighted by atomic mass is 35.5. The Morgan fingerprint density at radius 1 is 0.982 bits per heavy atom. The van der Waals surface area contributed by atoms with E-state index in [0.29, 0.717) is 64.3 Å². The van der Waals surface area contributed by atoms with Gasteiger partial charge in [-0.25, -0.2) is 0 Å². The van der Waals surface area contributed by atoms with Gasteiger partial charge in [-0.1, -0.05) is 35.9 Å². The smallest absolute Gasteiger partial charge is 0.263 e. The van der Waals surface area contributed by atoms with Crippen LogP contribution in [0.4, 0.5) is 5.69 Å². The van der Waals surface area contributed by atoms with Crippen molar-refractivity contribution in [3.8, 4) is 11.8 Å². The number of piperidine rings is 3. The van der Waals surface area contributed by atoms with Crippen molar-refractivity contribution >= 4 is 47.3 Å². The number of likely N-dealkylation sites (tertiary alicyclic amines) is 2. The number of rotatable bonds is 9. The second-order valence-corrected chi connectivity index (χ2v) is 16.8. The van der Waals surface area contributed by atoms with E-state index in [1.807, 2.05) is 42.2 Å². The molecule has 1 unspecified atom stereocenters. The van der Waals surface area contributed by atoms with Crippen molar-refractivity contribution in [3.63, 3.8) is 0 Å². The van der Waals surface area contributed by atoms with E-state index in [4.69, 9.17) is 21.6 Å². The lowest BCUT2D eigenvalue weighted by molar-refractivity contribution is -0.139. The summed E-state index contributed by atoms with van der Waals surface area (Å²) in [5.41, 5.74) is 4.64. The maximum Gasteiger partial charge on any atom is 0.263 e. The van der Waals surface area contributed by atoms with Crippen molar-refractivity contribution in [2.75, 3.05) is 44.2 Å². The maximum atomic E-state index is 13.8. The molecule has 1 spiro atoms. The summed E-state index contributed by atoms with van der Waals surface area (Å²) in [6, 6.07) is 20.6. The molecule has 4 aliphatic heterocycles. The van der Waals surface area contributed by atoms with E-state index in [-0.39, 0.29) is 24.9 Å². The first-order valence-corrected chi connectivity index (χ1v) is 20.4. The summed E-state index contributed by atoms with van der Waals surface area (Å²) >= 11 is 6.16. The van der Waals surface area contributed by atoms with E-state index in [2.05, 4.69) is 33.3 Å². The summed E-state index contributed by atoms with van der Waals surface area (Å²) in [6.45, 7) is 6.74. The molecule has 13 heteroatoms. The molecule has 3 aromatic rings. The molecule has 1 N–H and O–H groups in total. The van der Waals surface area contributed by atoms with Crippen molar-refractivity contribution in [1.82, 2.24) is 20.0 Å². The van der Waals surface area contributed by atoms with E-state index in [1.165, 1.54) is 5.56 Å². The quantitative estimate of drug-likeness (QED) is 0.221. The van der Waals surface area contributed by atoms with Gasteiger partial charge >= 0.3 is 0 Å². The Morgan fingerprint density at radius 2 is 1.70 bits per heavy atom. The number of benzene rings is 3. The van der Waals surface area contributed by atoms with Crippen LogP contribution in [0, 0.1) is 23.7 Å². The van der Waals surface area contributed by atoms with Crippen LogP contribution < -0.4 is 15.0 Å². The zero-order valence-corrected chi connectivity index (χ0v) is 32.9. The molecule has 8 rings (SSSR count). The molecule has 4 heterocycles. The van der Waals surface area contributed by atoms with Gasteiger partial charge in [-0.15, -0.1) is 0 Å². The maximum absolute atomic E-state index is 13.8. The summed E-state index contributed by atoms with van der Waals surface area (Å²) in [6.07, 6.45) is 6.43. The Labute approximate surface area is 337 Å². The number of hydrogen-bond acceptors (Lipinski definition) is 9. The number of nitrogens with one attached hydrogen (secondary N) is 1. The van der Waals surface area contributed by atoms with Crippen molar-refractivity contribution < 1.29 is 28.7 Å². The van der Waals surface area contributed by atoms with Crippen molar-refractivity contribution in [2.45, 2.75) is 82.4 Å². The second kappa shape index (κ2) is 15.9. The van der Waals surface area contributed by atoms with Gasteiger partial charge in [0, 0.05) is 87.8 Å². The van der Waals surface area contributed by atoms with Gasteiger partial charge in [0.25, 0.3) is 11.8 Å². The molecule has 5 aliphatic rings. The summed E-state index contributed by atoms with van der Waals surface area (Å²) in [7, 11) is 0. The van der Waals surface area contributed by atoms with E-state index in [0.717, 1.165) is 80.9 Å². The summed E-state index contributed by atoms with van der Waals surface area (Å²) in [5, 5.41) is 11.7. The van der Waals surface area contributed by atoms with E-state index < -0.39 is 23.8 Å². The minimum Gasteiger partial charge on any atom is -0.490 e. The molecule has 1 atom stereocenters. The zero-order valence-electron chi connectivity index (χ0n) is 32.1. The van der Waals surface area contributed by atoms with E-state index >= 15 is 0 Å². The number of imide groups is 2. The Bertz CT molecular complexity index is 2110. The molecule has 12 nitrogen and oxygen atoms in total. The molecule has 5 amide bonds. The molecule has 1 saturated carbocycles. The molecular weight excluding hydrogens is 744 g/mol. The average Bonchev–Trinajstić information content (AvgIpc) is 3.18.